The Labute approximate surface area is 98.7 Å². The fourth-order valence-electron chi connectivity index (χ4n) is 1.39. The van der Waals surface area contributed by atoms with Crippen LogP contribution in [-0.4, -0.2) is 15.9 Å². The van der Waals surface area contributed by atoms with Gasteiger partial charge < -0.3 is 11.1 Å². The topological polar surface area (TPSA) is 80.9 Å². The van der Waals surface area contributed by atoms with Crippen molar-refractivity contribution in [1.29, 1.82) is 0 Å². The molecule has 1 heterocycles. The molecule has 0 bridgehead atoms. The average Bonchev–Trinajstić information content (AvgIpc) is 2.38. The summed E-state index contributed by atoms with van der Waals surface area (Å²) in [5, 5.41) is 2.73. The minimum atomic E-state index is -0.320. The van der Waals surface area contributed by atoms with Crippen molar-refractivity contribution in [3.05, 3.63) is 54.0 Å². The summed E-state index contributed by atoms with van der Waals surface area (Å²) >= 11 is 0. The van der Waals surface area contributed by atoms with Gasteiger partial charge in [0.15, 0.2) is 11.5 Å². The summed E-state index contributed by atoms with van der Waals surface area (Å²) < 4.78 is 0. The van der Waals surface area contributed by atoms with Crippen LogP contribution in [0.1, 0.15) is 16.1 Å². The molecule has 0 fully saturated rings. The molecule has 0 spiro atoms. The van der Waals surface area contributed by atoms with Gasteiger partial charge in [-0.05, 0) is 5.56 Å². The highest BCUT2D eigenvalue weighted by Crippen LogP contribution is 2.03. The van der Waals surface area contributed by atoms with Gasteiger partial charge in [0.25, 0.3) is 5.91 Å². The van der Waals surface area contributed by atoms with Crippen molar-refractivity contribution in [3.63, 3.8) is 0 Å². The third kappa shape index (κ3) is 2.78. The Bertz CT molecular complexity index is 513. The van der Waals surface area contributed by atoms with Gasteiger partial charge in [-0.25, -0.2) is 9.97 Å². The van der Waals surface area contributed by atoms with Crippen LogP contribution in [0, 0.1) is 0 Å². The van der Waals surface area contributed by atoms with Crippen LogP contribution in [0.15, 0.2) is 42.7 Å². The van der Waals surface area contributed by atoms with Crippen molar-refractivity contribution in [2.24, 2.45) is 0 Å². The number of aromatic nitrogens is 2. The van der Waals surface area contributed by atoms with E-state index < -0.39 is 0 Å². The number of nitrogen functional groups attached to an aromatic ring is 1. The van der Waals surface area contributed by atoms with E-state index in [0.717, 1.165) is 5.56 Å². The van der Waals surface area contributed by atoms with Crippen LogP contribution in [0.5, 0.6) is 0 Å². The summed E-state index contributed by atoms with van der Waals surface area (Å²) in [6, 6.07) is 9.61. The molecule has 3 N–H and O–H groups in total. The third-order valence-electron chi connectivity index (χ3n) is 2.24. The Balaban J connectivity index is 2.01. The second-order valence-corrected chi connectivity index (χ2v) is 3.46. The number of nitrogens with one attached hydrogen (secondary N) is 1. The van der Waals surface area contributed by atoms with Crippen LogP contribution in [0.25, 0.3) is 0 Å². The lowest BCUT2D eigenvalue weighted by Crippen LogP contribution is -2.25. The first kappa shape index (κ1) is 11.1. The maximum Gasteiger partial charge on any atom is 0.273 e. The number of carbonyl (C=O) groups excluding carboxylic acids is 1. The molecule has 0 atom stereocenters. The Morgan fingerprint density at radius 2 is 1.88 bits per heavy atom. The summed E-state index contributed by atoms with van der Waals surface area (Å²) in [7, 11) is 0. The molecule has 1 amide bonds. The number of hydrogen-bond donors (Lipinski definition) is 2. The largest absolute Gasteiger partial charge is 0.382 e. The molecule has 0 aliphatic rings. The standard InChI is InChI=1S/C12H12N4O/c13-11-10(14-6-7-15-11)12(17)16-8-9-4-2-1-3-5-9/h1-7H,8H2,(H2,13,15)(H,16,17). The molecule has 0 aliphatic carbocycles. The summed E-state index contributed by atoms with van der Waals surface area (Å²) in [5.41, 5.74) is 6.73. The lowest BCUT2D eigenvalue weighted by molar-refractivity contribution is 0.0946. The van der Waals surface area contributed by atoms with Crippen molar-refractivity contribution in [2.75, 3.05) is 5.73 Å². The molecule has 0 unspecified atom stereocenters. The van der Waals surface area contributed by atoms with Crippen LogP contribution in [0.4, 0.5) is 5.82 Å². The maximum absolute atomic E-state index is 11.7. The van der Waals surface area contributed by atoms with Gasteiger partial charge in [0.1, 0.15) is 0 Å². The van der Waals surface area contributed by atoms with E-state index in [-0.39, 0.29) is 17.4 Å². The molecule has 0 radical (unpaired) electrons. The zero-order chi connectivity index (χ0) is 12.1. The Morgan fingerprint density at radius 3 is 2.59 bits per heavy atom. The number of amides is 1. The number of anilines is 1. The molecule has 2 rings (SSSR count). The van der Waals surface area contributed by atoms with E-state index in [9.17, 15) is 4.79 Å². The molecule has 17 heavy (non-hydrogen) atoms. The predicted octanol–water partition coefficient (Wildman–Crippen LogP) is 0.989. The van der Waals surface area contributed by atoms with E-state index in [1.165, 1.54) is 12.4 Å². The quantitative estimate of drug-likeness (QED) is 0.820. The minimum Gasteiger partial charge on any atom is -0.382 e. The van der Waals surface area contributed by atoms with Crippen LogP contribution in [0.3, 0.4) is 0 Å². The molecule has 1 aromatic heterocycles. The van der Waals surface area contributed by atoms with Crippen LogP contribution in [-0.2, 0) is 6.54 Å². The number of benzene rings is 1. The van der Waals surface area contributed by atoms with Gasteiger partial charge in [0.2, 0.25) is 0 Å². The molecule has 2 aromatic rings. The predicted molar refractivity (Wildman–Crippen MR) is 64.1 cm³/mol. The van der Waals surface area contributed by atoms with Crippen molar-refractivity contribution < 1.29 is 4.79 Å². The SMILES string of the molecule is Nc1nccnc1C(=O)NCc1ccccc1. The van der Waals surface area contributed by atoms with E-state index >= 15 is 0 Å². The summed E-state index contributed by atoms with van der Waals surface area (Å²) in [5.74, 6) is -0.183. The van der Waals surface area contributed by atoms with E-state index in [1.54, 1.807) is 0 Å². The minimum absolute atomic E-state index is 0.137. The van der Waals surface area contributed by atoms with Crippen LogP contribution >= 0.6 is 0 Å². The fourth-order valence-corrected chi connectivity index (χ4v) is 1.39. The van der Waals surface area contributed by atoms with E-state index in [4.69, 9.17) is 5.73 Å². The molecular formula is C12H12N4O. The van der Waals surface area contributed by atoms with Gasteiger partial charge in [-0.1, -0.05) is 30.3 Å². The second kappa shape index (κ2) is 5.07. The van der Waals surface area contributed by atoms with Crippen molar-refractivity contribution in [2.45, 2.75) is 6.54 Å². The van der Waals surface area contributed by atoms with E-state index in [1.807, 2.05) is 30.3 Å². The number of nitrogens with two attached hydrogens (primary N) is 1. The van der Waals surface area contributed by atoms with E-state index in [0.29, 0.717) is 6.54 Å². The van der Waals surface area contributed by atoms with Gasteiger partial charge in [-0.15, -0.1) is 0 Å². The molecule has 86 valence electrons. The lowest BCUT2D eigenvalue weighted by Gasteiger charge is -2.05. The Hall–Kier alpha value is -2.43. The van der Waals surface area contributed by atoms with Gasteiger partial charge in [-0.2, -0.15) is 0 Å². The Morgan fingerprint density at radius 1 is 1.18 bits per heavy atom. The van der Waals surface area contributed by atoms with Gasteiger partial charge in [0, 0.05) is 18.9 Å². The highest BCUT2D eigenvalue weighted by atomic mass is 16.1. The first-order valence-electron chi connectivity index (χ1n) is 5.16. The first-order chi connectivity index (χ1) is 8.27. The fraction of sp³-hybridized carbons (Fsp3) is 0.0833. The Kier molecular flexibility index (Phi) is 3.30. The van der Waals surface area contributed by atoms with Crippen molar-refractivity contribution >= 4 is 11.7 Å². The van der Waals surface area contributed by atoms with Gasteiger partial charge in [-0.3, -0.25) is 4.79 Å². The summed E-state index contributed by atoms with van der Waals surface area (Å²) in [6.45, 7) is 0.440. The first-order valence-corrected chi connectivity index (χ1v) is 5.16. The normalized spacial score (nSPS) is 9.88. The molecule has 0 saturated carbocycles. The third-order valence-corrected chi connectivity index (χ3v) is 2.24. The number of rotatable bonds is 3. The zero-order valence-electron chi connectivity index (χ0n) is 9.13. The number of carbonyl (C=O) groups is 1. The lowest BCUT2D eigenvalue weighted by atomic mass is 10.2. The highest BCUT2D eigenvalue weighted by Gasteiger charge is 2.10. The average molecular weight is 228 g/mol. The van der Waals surface area contributed by atoms with Crippen molar-refractivity contribution in [1.82, 2.24) is 15.3 Å². The second-order valence-electron chi connectivity index (χ2n) is 3.46. The van der Waals surface area contributed by atoms with Crippen molar-refractivity contribution in [3.8, 4) is 0 Å². The monoisotopic (exact) mass is 228 g/mol. The smallest absolute Gasteiger partial charge is 0.273 e. The number of hydrogen-bond acceptors (Lipinski definition) is 4. The van der Waals surface area contributed by atoms with Gasteiger partial charge >= 0.3 is 0 Å². The summed E-state index contributed by atoms with van der Waals surface area (Å²) in [6.07, 6.45) is 2.89. The molecular weight excluding hydrogens is 216 g/mol. The molecule has 5 heteroatoms. The van der Waals surface area contributed by atoms with Crippen LogP contribution in [0.2, 0.25) is 0 Å². The zero-order valence-corrected chi connectivity index (χ0v) is 9.13. The van der Waals surface area contributed by atoms with Gasteiger partial charge in [0.05, 0.1) is 0 Å². The highest BCUT2D eigenvalue weighted by molar-refractivity contribution is 5.96. The molecule has 0 saturated heterocycles. The van der Waals surface area contributed by atoms with E-state index in [2.05, 4.69) is 15.3 Å². The molecule has 5 nitrogen and oxygen atoms in total. The number of nitrogens with zero attached hydrogens (tertiary/aromatic N) is 2. The summed E-state index contributed by atoms with van der Waals surface area (Å²) in [4.78, 5) is 19.4. The van der Waals surface area contributed by atoms with Crippen LogP contribution < -0.4 is 11.1 Å². The molecule has 1 aromatic carbocycles. The maximum atomic E-state index is 11.7. The molecule has 0 aliphatic heterocycles.